The van der Waals surface area contributed by atoms with Gasteiger partial charge < -0.3 is 19.2 Å². The highest BCUT2D eigenvalue weighted by molar-refractivity contribution is 6.30. The molecule has 0 aliphatic carbocycles. The van der Waals surface area contributed by atoms with Crippen LogP contribution in [0.2, 0.25) is 5.02 Å². The van der Waals surface area contributed by atoms with Crippen LogP contribution in [0.15, 0.2) is 59.0 Å². The molecule has 2 heterocycles. The minimum atomic E-state index is -0.331. The zero-order valence-electron chi connectivity index (χ0n) is 18.7. The molecular formula is C25H23ClN2O6. The molecule has 0 spiro atoms. The standard InChI is InChI=1S/C25H23ClN2O6/c1-15(2)27-25(31)23-9-7-19(34-23)12-28-20-10-16(6-8-22(20)33-14-24(28)30)21(29)13-32-18-5-3-4-17(26)11-18/h3-11,15H,12-14H2,1-2H3,(H,27,31). The Morgan fingerprint density at radius 3 is 2.74 bits per heavy atom. The highest BCUT2D eigenvalue weighted by Gasteiger charge is 2.28. The van der Waals surface area contributed by atoms with Gasteiger partial charge in [-0.15, -0.1) is 0 Å². The lowest BCUT2D eigenvalue weighted by molar-refractivity contribution is -0.121. The summed E-state index contributed by atoms with van der Waals surface area (Å²) in [5.41, 5.74) is 0.801. The van der Waals surface area contributed by atoms with Crippen molar-refractivity contribution < 1.29 is 28.3 Å². The Hall–Kier alpha value is -3.78. The predicted molar refractivity (Wildman–Crippen MR) is 126 cm³/mol. The summed E-state index contributed by atoms with van der Waals surface area (Å²) in [5.74, 6) is 0.638. The van der Waals surface area contributed by atoms with E-state index in [1.165, 1.54) is 4.90 Å². The third-order valence-corrected chi connectivity index (χ3v) is 5.24. The molecule has 2 aromatic carbocycles. The van der Waals surface area contributed by atoms with Crippen molar-refractivity contribution in [2.45, 2.75) is 26.4 Å². The summed E-state index contributed by atoms with van der Waals surface area (Å²) in [7, 11) is 0. The number of anilines is 1. The van der Waals surface area contributed by atoms with Crippen LogP contribution >= 0.6 is 11.6 Å². The van der Waals surface area contributed by atoms with E-state index in [0.29, 0.717) is 33.5 Å². The van der Waals surface area contributed by atoms with Crippen molar-refractivity contribution in [1.29, 1.82) is 0 Å². The van der Waals surface area contributed by atoms with Gasteiger partial charge >= 0.3 is 0 Å². The molecular weight excluding hydrogens is 460 g/mol. The number of benzene rings is 2. The van der Waals surface area contributed by atoms with Gasteiger partial charge in [0.15, 0.2) is 24.8 Å². The molecule has 3 aromatic rings. The summed E-state index contributed by atoms with van der Waals surface area (Å²) in [4.78, 5) is 39.0. The average molecular weight is 483 g/mol. The van der Waals surface area contributed by atoms with Gasteiger partial charge in [-0.1, -0.05) is 17.7 Å². The maximum absolute atomic E-state index is 12.7. The molecule has 0 atom stereocenters. The molecule has 176 valence electrons. The molecule has 0 fully saturated rings. The molecule has 1 aliphatic heterocycles. The Kier molecular flexibility index (Phi) is 6.88. The number of rotatable bonds is 8. The van der Waals surface area contributed by atoms with Crippen LogP contribution in [-0.2, 0) is 11.3 Å². The SMILES string of the molecule is CC(C)NC(=O)c1ccc(CN2C(=O)COc3ccc(C(=O)COc4cccc(Cl)c4)cc32)o1. The van der Waals surface area contributed by atoms with Crippen LogP contribution in [0, 0.1) is 0 Å². The predicted octanol–water partition coefficient (Wildman–Crippen LogP) is 4.26. The van der Waals surface area contributed by atoms with Gasteiger partial charge in [-0.25, -0.2) is 0 Å². The Balaban J connectivity index is 1.50. The summed E-state index contributed by atoms with van der Waals surface area (Å²) in [6, 6.07) is 14.8. The second-order valence-electron chi connectivity index (χ2n) is 8.01. The fraction of sp³-hybridized carbons (Fsp3) is 0.240. The maximum Gasteiger partial charge on any atom is 0.287 e. The quantitative estimate of drug-likeness (QED) is 0.482. The number of carbonyl (C=O) groups excluding carboxylic acids is 3. The first-order chi connectivity index (χ1) is 16.3. The van der Waals surface area contributed by atoms with Gasteiger partial charge in [0.1, 0.15) is 17.3 Å². The molecule has 2 amide bonds. The number of furan rings is 1. The number of nitrogens with one attached hydrogen (secondary N) is 1. The fourth-order valence-corrected chi connectivity index (χ4v) is 3.59. The van der Waals surface area contributed by atoms with Crippen molar-refractivity contribution in [2.75, 3.05) is 18.1 Å². The van der Waals surface area contributed by atoms with E-state index in [9.17, 15) is 14.4 Å². The van der Waals surface area contributed by atoms with Gasteiger partial charge in [0.25, 0.3) is 11.8 Å². The minimum Gasteiger partial charge on any atom is -0.485 e. The highest BCUT2D eigenvalue weighted by atomic mass is 35.5. The molecule has 0 unspecified atom stereocenters. The Morgan fingerprint density at radius 2 is 1.97 bits per heavy atom. The van der Waals surface area contributed by atoms with Crippen LogP contribution in [0.5, 0.6) is 11.5 Å². The Bertz CT molecular complexity index is 1240. The van der Waals surface area contributed by atoms with Crippen molar-refractivity contribution in [1.82, 2.24) is 5.32 Å². The van der Waals surface area contributed by atoms with Crippen molar-refractivity contribution >= 4 is 34.9 Å². The molecule has 0 radical (unpaired) electrons. The van der Waals surface area contributed by atoms with Gasteiger partial charge in [0.05, 0.1) is 12.2 Å². The number of hydrogen-bond acceptors (Lipinski definition) is 6. The lowest BCUT2D eigenvalue weighted by atomic mass is 10.1. The average Bonchev–Trinajstić information content (AvgIpc) is 3.27. The molecule has 8 nitrogen and oxygen atoms in total. The molecule has 1 N–H and O–H groups in total. The van der Waals surface area contributed by atoms with E-state index in [1.807, 2.05) is 13.8 Å². The molecule has 4 rings (SSSR count). The first-order valence-corrected chi connectivity index (χ1v) is 11.1. The lowest BCUT2D eigenvalue weighted by Gasteiger charge is -2.29. The Morgan fingerprint density at radius 1 is 1.15 bits per heavy atom. The van der Waals surface area contributed by atoms with Gasteiger partial charge in [-0.2, -0.15) is 0 Å². The summed E-state index contributed by atoms with van der Waals surface area (Å²) in [5, 5.41) is 3.26. The highest BCUT2D eigenvalue weighted by Crippen LogP contribution is 2.34. The third-order valence-electron chi connectivity index (χ3n) is 5.01. The summed E-state index contributed by atoms with van der Waals surface area (Å²) in [6.07, 6.45) is 0. The number of carbonyl (C=O) groups is 3. The number of nitrogens with zero attached hydrogens (tertiary/aromatic N) is 1. The molecule has 34 heavy (non-hydrogen) atoms. The second-order valence-corrected chi connectivity index (χ2v) is 8.45. The van der Waals surface area contributed by atoms with Crippen molar-refractivity contribution in [3.8, 4) is 11.5 Å². The zero-order chi connectivity index (χ0) is 24.2. The monoisotopic (exact) mass is 482 g/mol. The second kappa shape index (κ2) is 10.0. The number of halogens is 1. The zero-order valence-corrected chi connectivity index (χ0v) is 19.4. The number of Topliss-reactive ketones (excluding diaryl/α,β-unsaturated/α-hetero) is 1. The number of fused-ring (bicyclic) bond motifs is 1. The third kappa shape index (κ3) is 5.40. The van der Waals surface area contributed by atoms with E-state index in [-0.39, 0.29) is 49.2 Å². The van der Waals surface area contributed by atoms with Crippen LogP contribution in [-0.4, -0.2) is 36.9 Å². The van der Waals surface area contributed by atoms with Crippen LogP contribution < -0.4 is 19.7 Å². The number of hydrogen-bond donors (Lipinski definition) is 1. The maximum atomic E-state index is 12.7. The first-order valence-electron chi connectivity index (χ1n) is 10.7. The minimum absolute atomic E-state index is 0.0347. The normalized spacial score (nSPS) is 12.8. The molecule has 1 aliphatic rings. The van der Waals surface area contributed by atoms with Gasteiger partial charge in [0.2, 0.25) is 0 Å². The molecule has 0 saturated heterocycles. The van der Waals surface area contributed by atoms with E-state index in [1.54, 1.807) is 54.6 Å². The van der Waals surface area contributed by atoms with E-state index < -0.39 is 0 Å². The molecule has 0 saturated carbocycles. The summed E-state index contributed by atoms with van der Waals surface area (Å²) in [6.45, 7) is 3.45. The van der Waals surface area contributed by atoms with Crippen molar-refractivity contribution in [3.63, 3.8) is 0 Å². The molecule has 0 bridgehead atoms. The summed E-state index contributed by atoms with van der Waals surface area (Å²) < 4.78 is 16.7. The Labute approximate surface area is 201 Å². The fourth-order valence-electron chi connectivity index (χ4n) is 3.41. The van der Waals surface area contributed by atoms with E-state index in [0.717, 1.165) is 0 Å². The van der Waals surface area contributed by atoms with E-state index in [2.05, 4.69) is 5.32 Å². The van der Waals surface area contributed by atoms with E-state index >= 15 is 0 Å². The van der Waals surface area contributed by atoms with Crippen LogP contribution in [0.3, 0.4) is 0 Å². The van der Waals surface area contributed by atoms with Crippen LogP contribution in [0.25, 0.3) is 0 Å². The summed E-state index contributed by atoms with van der Waals surface area (Å²) >= 11 is 5.95. The lowest BCUT2D eigenvalue weighted by Crippen LogP contribution is -2.38. The van der Waals surface area contributed by atoms with Crippen LogP contribution in [0.1, 0.15) is 40.5 Å². The first kappa shape index (κ1) is 23.4. The smallest absolute Gasteiger partial charge is 0.287 e. The number of ether oxygens (including phenoxy) is 2. The van der Waals surface area contributed by atoms with Crippen molar-refractivity contribution in [2.24, 2.45) is 0 Å². The van der Waals surface area contributed by atoms with Gasteiger partial charge in [-0.3, -0.25) is 19.3 Å². The largest absolute Gasteiger partial charge is 0.485 e. The van der Waals surface area contributed by atoms with E-state index in [4.69, 9.17) is 25.5 Å². The van der Waals surface area contributed by atoms with Gasteiger partial charge in [0, 0.05) is 16.6 Å². The van der Waals surface area contributed by atoms with Crippen LogP contribution in [0.4, 0.5) is 5.69 Å². The topological polar surface area (TPSA) is 98.1 Å². The van der Waals surface area contributed by atoms with Gasteiger partial charge in [-0.05, 0) is 62.4 Å². The number of amides is 2. The molecule has 1 aromatic heterocycles. The van der Waals surface area contributed by atoms with Crippen molar-refractivity contribution in [3.05, 3.63) is 76.7 Å². The number of ketones is 1. The molecule has 9 heteroatoms.